The monoisotopic (exact) mass is 229 g/mol. The summed E-state index contributed by atoms with van der Waals surface area (Å²) >= 11 is 1.64. The van der Waals surface area contributed by atoms with Crippen LogP contribution in [0.15, 0.2) is 29.6 Å². The number of benzene rings is 1. The molecule has 2 nitrogen and oxygen atoms in total. The van der Waals surface area contributed by atoms with Crippen LogP contribution in [0.25, 0.3) is 10.1 Å². The predicted octanol–water partition coefficient (Wildman–Crippen LogP) is 2.32. The van der Waals surface area contributed by atoms with Crippen LogP contribution in [0.1, 0.15) is 11.7 Å². The number of thiophene rings is 1. The van der Waals surface area contributed by atoms with Crippen molar-refractivity contribution in [2.45, 2.75) is 6.10 Å². The van der Waals surface area contributed by atoms with Gasteiger partial charge in [0.1, 0.15) is 0 Å². The van der Waals surface area contributed by atoms with Crippen LogP contribution >= 0.6 is 23.7 Å². The maximum absolute atomic E-state index is 9.60. The normalized spacial score (nSPS) is 12.4. The zero-order valence-corrected chi connectivity index (χ0v) is 9.15. The van der Waals surface area contributed by atoms with Gasteiger partial charge in [-0.25, -0.2) is 0 Å². The first-order valence-corrected chi connectivity index (χ1v) is 5.05. The van der Waals surface area contributed by atoms with E-state index in [1.54, 1.807) is 11.3 Å². The summed E-state index contributed by atoms with van der Waals surface area (Å²) in [6, 6.07) is 8.03. The second-order valence-electron chi connectivity index (χ2n) is 2.94. The summed E-state index contributed by atoms with van der Waals surface area (Å²) in [5.74, 6) is 0. The Bertz CT molecular complexity index is 415. The van der Waals surface area contributed by atoms with Crippen LogP contribution in [0.2, 0.25) is 0 Å². The maximum Gasteiger partial charge on any atom is 0.0926 e. The van der Waals surface area contributed by atoms with Crippen molar-refractivity contribution in [2.75, 3.05) is 6.54 Å². The van der Waals surface area contributed by atoms with Crippen molar-refractivity contribution in [3.05, 3.63) is 35.2 Å². The number of aliphatic hydroxyl groups excluding tert-OH is 1. The molecule has 1 aromatic heterocycles. The van der Waals surface area contributed by atoms with Crippen molar-refractivity contribution in [3.63, 3.8) is 0 Å². The van der Waals surface area contributed by atoms with Gasteiger partial charge in [0, 0.05) is 16.8 Å². The number of nitrogens with two attached hydrogens (primary N) is 1. The van der Waals surface area contributed by atoms with E-state index in [1.165, 1.54) is 4.70 Å². The van der Waals surface area contributed by atoms with Crippen molar-refractivity contribution < 1.29 is 5.11 Å². The number of hydrogen-bond donors (Lipinski definition) is 2. The average Bonchev–Trinajstić information content (AvgIpc) is 2.60. The molecule has 0 aliphatic heterocycles. The smallest absolute Gasteiger partial charge is 0.0926 e. The lowest BCUT2D eigenvalue weighted by Crippen LogP contribution is -2.10. The third-order valence-corrected chi connectivity index (χ3v) is 3.07. The molecule has 1 aromatic carbocycles. The maximum atomic E-state index is 9.60. The Morgan fingerprint density at radius 1 is 1.36 bits per heavy atom. The first-order valence-electron chi connectivity index (χ1n) is 4.17. The summed E-state index contributed by atoms with van der Waals surface area (Å²) in [5, 5.41) is 12.7. The van der Waals surface area contributed by atoms with E-state index in [4.69, 9.17) is 5.73 Å². The van der Waals surface area contributed by atoms with Crippen LogP contribution < -0.4 is 5.73 Å². The Morgan fingerprint density at radius 2 is 2.07 bits per heavy atom. The van der Waals surface area contributed by atoms with E-state index < -0.39 is 6.10 Å². The minimum atomic E-state index is -0.531. The molecule has 2 aromatic rings. The van der Waals surface area contributed by atoms with E-state index in [9.17, 15) is 5.11 Å². The molecule has 4 heteroatoms. The molecule has 0 bridgehead atoms. The van der Waals surface area contributed by atoms with Gasteiger partial charge in [-0.1, -0.05) is 18.2 Å². The fourth-order valence-electron chi connectivity index (χ4n) is 1.38. The van der Waals surface area contributed by atoms with Crippen LogP contribution in [-0.4, -0.2) is 11.7 Å². The van der Waals surface area contributed by atoms with Crippen LogP contribution in [-0.2, 0) is 0 Å². The molecule has 3 N–H and O–H groups in total. The van der Waals surface area contributed by atoms with Gasteiger partial charge in [-0.2, -0.15) is 0 Å². The van der Waals surface area contributed by atoms with Gasteiger partial charge in [0.15, 0.2) is 0 Å². The summed E-state index contributed by atoms with van der Waals surface area (Å²) in [7, 11) is 0. The second-order valence-corrected chi connectivity index (χ2v) is 3.85. The molecule has 0 radical (unpaired) electrons. The highest BCUT2D eigenvalue weighted by molar-refractivity contribution is 7.17. The van der Waals surface area contributed by atoms with E-state index in [0.717, 1.165) is 10.9 Å². The van der Waals surface area contributed by atoms with Gasteiger partial charge in [0.25, 0.3) is 0 Å². The fourth-order valence-corrected chi connectivity index (χ4v) is 2.39. The van der Waals surface area contributed by atoms with E-state index in [2.05, 4.69) is 0 Å². The molecule has 0 spiro atoms. The van der Waals surface area contributed by atoms with Crippen LogP contribution in [0, 0.1) is 0 Å². The second kappa shape index (κ2) is 4.75. The topological polar surface area (TPSA) is 46.2 Å². The summed E-state index contributed by atoms with van der Waals surface area (Å²) in [5.41, 5.74) is 6.36. The van der Waals surface area contributed by atoms with E-state index in [-0.39, 0.29) is 19.0 Å². The van der Waals surface area contributed by atoms with Crippen molar-refractivity contribution in [1.29, 1.82) is 0 Å². The fraction of sp³-hybridized carbons (Fsp3) is 0.200. The lowest BCUT2D eigenvalue weighted by molar-refractivity contribution is 0.188. The minimum absolute atomic E-state index is 0. The third kappa shape index (κ3) is 1.91. The van der Waals surface area contributed by atoms with Gasteiger partial charge in [-0.3, -0.25) is 0 Å². The Kier molecular flexibility index (Phi) is 3.89. The van der Waals surface area contributed by atoms with Crippen molar-refractivity contribution in [2.24, 2.45) is 5.73 Å². The molecule has 14 heavy (non-hydrogen) atoms. The lowest BCUT2D eigenvalue weighted by atomic mass is 10.1. The molecule has 0 saturated carbocycles. The molecule has 0 amide bonds. The van der Waals surface area contributed by atoms with Crippen molar-refractivity contribution in [1.82, 2.24) is 0 Å². The van der Waals surface area contributed by atoms with E-state index in [0.29, 0.717) is 0 Å². The number of halogens is 1. The molecular formula is C10H12ClNOS. The Balaban J connectivity index is 0.000000980. The first-order chi connectivity index (χ1) is 6.33. The molecule has 2 rings (SSSR count). The van der Waals surface area contributed by atoms with Crippen molar-refractivity contribution in [3.8, 4) is 0 Å². The Hall–Kier alpha value is -0.610. The highest BCUT2D eigenvalue weighted by Gasteiger charge is 2.10. The summed E-state index contributed by atoms with van der Waals surface area (Å²) < 4.78 is 1.20. The summed E-state index contributed by atoms with van der Waals surface area (Å²) in [4.78, 5) is 0. The first kappa shape index (κ1) is 11.5. The van der Waals surface area contributed by atoms with Crippen LogP contribution in [0.3, 0.4) is 0 Å². The number of fused-ring (bicyclic) bond motifs is 1. The standard InChI is InChI=1S/C10H11NOS.ClH/c11-5-9(12)8-6-13-10-4-2-1-3-7(8)10;/h1-4,6,9,12H,5,11H2;1H. The Morgan fingerprint density at radius 3 is 2.79 bits per heavy atom. The van der Waals surface area contributed by atoms with Crippen LogP contribution in [0.5, 0.6) is 0 Å². The largest absolute Gasteiger partial charge is 0.387 e. The van der Waals surface area contributed by atoms with E-state index >= 15 is 0 Å². The highest BCUT2D eigenvalue weighted by atomic mass is 35.5. The summed E-state index contributed by atoms with van der Waals surface area (Å²) in [6.07, 6.45) is -0.531. The average molecular weight is 230 g/mol. The number of hydrogen-bond acceptors (Lipinski definition) is 3. The van der Waals surface area contributed by atoms with Gasteiger partial charge in [-0.05, 0) is 16.8 Å². The molecule has 1 unspecified atom stereocenters. The van der Waals surface area contributed by atoms with Gasteiger partial charge < -0.3 is 10.8 Å². The molecule has 0 fully saturated rings. The van der Waals surface area contributed by atoms with Gasteiger partial charge in [0.05, 0.1) is 6.10 Å². The molecule has 76 valence electrons. The summed E-state index contributed by atoms with van der Waals surface area (Å²) in [6.45, 7) is 0.278. The quantitative estimate of drug-likeness (QED) is 0.830. The minimum Gasteiger partial charge on any atom is -0.387 e. The number of rotatable bonds is 2. The zero-order valence-electron chi connectivity index (χ0n) is 7.51. The molecule has 0 aliphatic carbocycles. The van der Waals surface area contributed by atoms with Gasteiger partial charge in [0.2, 0.25) is 0 Å². The SMILES string of the molecule is Cl.NCC(O)c1csc2ccccc12. The number of aliphatic hydroxyl groups is 1. The van der Waals surface area contributed by atoms with Gasteiger partial charge >= 0.3 is 0 Å². The Labute approximate surface area is 92.8 Å². The molecule has 1 atom stereocenters. The zero-order chi connectivity index (χ0) is 9.26. The van der Waals surface area contributed by atoms with Crippen molar-refractivity contribution >= 4 is 33.8 Å². The van der Waals surface area contributed by atoms with Gasteiger partial charge in [-0.15, -0.1) is 23.7 Å². The predicted molar refractivity (Wildman–Crippen MR) is 63.1 cm³/mol. The molecular weight excluding hydrogens is 218 g/mol. The van der Waals surface area contributed by atoms with E-state index in [1.807, 2.05) is 29.6 Å². The van der Waals surface area contributed by atoms with Crippen LogP contribution in [0.4, 0.5) is 0 Å². The highest BCUT2D eigenvalue weighted by Crippen LogP contribution is 2.29. The molecule has 0 saturated heterocycles. The third-order valence-electron chi connectivity index (χ3n) is 2.09. The molecule has 1 heterocycles. The lowest BCUT2D eigenvalue weighted by Gasteiger charge is -2.05. The molecule has 0 aliphatic rings.